The van der Waals surface area contributed by atoms with E-state index < -0.39 is 0 Å². The first kappa shape index (κ1) is 14.0. The van der Waals surface area contributed by atoms with Gasteiger partial charge in [-0.3, -0.25) is 14.5 Å². The first-order chi connectivity index (χ1) is 10.6. The maximum atomic E-state index is 12.8. The van der Waals surface area contributed by atoms with E-state index in [1.165, 1.54) is 12.8 Å². The van der Waals surface area contributed by atoms with Crippen LogP contribution in [0.15, 0.2) is 0 Å². The van der Waals surface area contributed by atoms with Gasteiger partial charge in [0.05, 0.1) is 0 Å². The number of H-pyrrole nitrogens is 1. The minimum atomic E-state index is 0.0650. The maximum absolute atomic E-state index is 12.8. The van der Waals surface area contributed by atoms with Crippen molar-refractivity contribution in [1.82, 2.24) is 14.8 Å². The monoisotopic (exact) mass is 301 g/mol. The topological polar surface area (TPSA) is 56.4 Å². The first-order valence-electron chi connectivity index (χ1n) is 8.43. The predicted octanol–water partition coefficient (Wildman–Crippen LogP) is 1.76. The number of fused-ring (bicyclic) bond motifs is 1. The van der Waals surface area contributed by atoms with Crippen molar-refractivity contribution in [2.75, 3.05) is 26.2 Å². The van der Waals surface area contributed by atoms with E-state index in [1.807, 2.05) is 11.8 Å². The van der Waals surface area contributed by atoms with E-state index in [1.54, 1.807) is 0 Å². The molecule has 1 aromatic heterocycles. The number of nitrogens with zero attached hydrogens (tertiary/aromatic N) is 2. The van der Waals surface area contributed by atoms with Gasteiger partial charge in [-0.15, -0.1) is 0 Å². The van der Waals surface area contributed by atoms with Crippen LogP contribution >= 0.6 is 0 Å². The number of amides is 1. The van der Waals surface area contributed by atoms with Crippen LogP contribution in [0.25, 0.3) is 0 Å². The highest BCUT2D eigenvalue weighted by Gasteiger charge is 2.34. The van der Waals surface area contributed by atoms with Crippen molar-refractivity contribution in [2.24, 2.45) is 0 Å². The molecule has 3 aliphatic rings. The van der Waals surface area contributed by atoms with Crippen LogP contribution in [0.3, 0.4) is 0 Å². The molecule has 0 atom stereocenters. The van der Waals surface area contributed by atoms with Gasteiger partial charge in [0.2, 0.25) is 0 Å². The van der Waals surface area contributed by atoms with Crippen LogP contribution in [0.5, 0.6) is 0 Å². The Labute approximate surface area is 130 Å². The van der Waals surface area contributed by atoms with E-state index in [-0.39, 0.29) is 11.7 Å². The van der Waals surface area contributed by atoms with Crippen LogP contribution in [0, 0.1) is 6.92 Å². The predicted molar refractivity (Wildman–Crippen MR) is 83.3 cm³/mol. The minimum absolute atomic E-state index is 0.0650. The lowest BCUT2D eigenvalue weighted by atomic mass is 9.93. The summed E-state index contributed by atoms with van der Waals surface area (Å²) in [5, 5.41) is 0. The maximum Gasteiger partial charge on any atom is 0.270 e. The lowest BCUT2D eigenvalue weighted by Crippen LogP contribution is -2.49. The number of rotatable bonds is 2. The molecule has 1 amide bonds. The molecule has 0 spiro atoms. The second-order valence-corrected chi connectivity index (χ2v) is 6.81. The van der Waals surface area contributed by atoms with Crippen LogP contribution in [-0.2, 0) is 6.42 Å². The van der Waals surface area contributed by atoms with Gasteiger partial charge in [-0.25, -0.2) is 0 Å². The fraction of sp³-hybridized carbons (Fsp3) is 0.647. The molecule has 1 saturated heterocycles. The number of aromatic nitrogens is 1. The SMILES string of the molecule is Cc1c(C(=O)N2CCN(C3CC3)CC2)[nH]c2c1C(=O)CCC2. The molecule has 5 nitrogen and oxygen atoms in total. The second kappa shape index (κ2) is 5.23. The number of hydrogen-bond acceptors (Lipinski definition) is 3. The van der Waals surface area contributed by atoms with Gasteiger partial charge < -0.3 is 9.88 Å². The number of nitrogens with one attached hydrogen (secondary N) is 1. The number of ketones is 1. The van der Waals surface area contributed by atoms with E-state index in [4.69, 9.17) is 0 Å². The summed E-state index contributed by atoms with van der Waals surface area (Å²) in [5.74, 6) is 0.253. The van der Waals surface area contributed by atoms with E-state index in [2.05, 4.69) is 9.88 Å². The second-order valence-electron chi connectivity index (χ2n) is 6.81. The summed E-state index contributed by atoms with van der Waals surface area (Å²) in [6.45, 7) is 5.47. The molecule has 118 valence electrons. The average molecular weight is 301 g/mol. The summed E-state index contributed by atoms with van der Waals surface area (Å²) >= 11 is 0. The van der Waals surface area contributed by atoms with Crippen LogP contribution in [0.4, 0.5) is 0 Å². The number of hydrogen-bond donors (Lipinski definition) is 1. The first-order valence-corrected chi connectivity index (χ1v) is 8.43. The third-order valence-corrected chi connectivity index (χ3v) is 5.32. The Morgan fingerprint density at radius 3 is 2.50 bits per heavy atom. The summed E-state index contributed by atoms with van der Waals surface area (Å²) in [5.41, 5.74) is 3.24. The fourth-order valence-corrected chi connectivity index (χ4v) is 3.88. The molecule has 4 rings (SSSR count). The van der Waals surface area contributed by atoms with Gasteiger partial charge in [0.1, 0.15) is 5.69 Å². The van der Waals surface area contributed by atoms with Gasteiger partial charge in [0.15, 0.2) is 5.78 Å². The van der Waals surface area contributed by atoms with E-state index in [9.17, 15) is 9.59 Å². The zero-order valence-electron chi connectivity index (χ0n) is 13.2. The van der Waals surface area contributed by atoms with Crippen molar-refractivity contribution < 1.29 is 9.59 Å². The number of aryl methyl sites for hydroxylation is 1. The van der Waals surface area contributed by atoms with Crippen molar-refractivity contribution >= 4 is 11.7 Å². The quantitative estimate of drug-likeness (QED) is 0.905. The summed E-state index contributed by atoms with van der Waals surface area (Å²) in [6.07, 6.45) is 5.01. The van der Waals surface area contributed by atoms with Gasteiger partial charge in [-0.2, -0.15) is 0 Å². The molecule has 1 aromatic rings. The van der Waals surface area contributed by atoms with Crippen LogP contribution in [0.1, 0.15) is 57.8 Å². The summed E-state index contributed by atoms with van der Waals surface area (Å²) < 4.78 is 0. The molecule has 0 aromatic carbocycles. The fourth-order valence-electron chi connectivity index (χ4n) is 3.88. The number of piperazine rings is 1. The zero-order valence-corrected chi connectivity index (χ0v) is 13.2. The van der Waals surface area contributed by atoms with Gasteiger partial charge in [-0.1, -0.05) is 0 Å². The van der Waals surface area contributed by atoms with Crippen LogP contribution in [-0.4, -0.2) is 58.7 Å². The van der Waals surface area contributed by atoms with Gasteiger partial charge in [0.25, 0.3) is 5.91 Å². The number of Topliss-reactive ketones (excluding diaryl/α,β-unsaturated/α-hetero) is 1. The van der Waals surface area contributed by atoms with E-state index in [0.717, 1.165) is 61.9 Å². The summed E-state index contributed by atoms with van der Waals surface area (Å²) in [4.78, 5) is 32.6. The lowest BCUT2D eigenvalue weighted by Gasteiger charge is -2.34. The van der Waals surface area contributed by atoms with Crippen molar-refractivity contribution in [1.29, 1.82) is 0 Å². The van der Waals surface area contributed by atoms with Gasteiger partial charge >= 0.3 is 0 Å². The molecule has 1 aliphatic heterocycles. The molecule has 1 N–H and O–H groups in total. The Morgan fingerprint density at radius 2 is 1.86 bits per heavy atom. The smallest absolute Gasteiger partial charge is 0.270 e. The highest BCUT2D eigenvalue weighted by molar-refractivity contribution is 6.04. The average Bonchev–Trinajstić information content (AvgIpc) is 3.32. The summed E-state index contributed by atoms with van der Waals surface area (Å²) in [6, 6.07) is 0.773. The number of carbonyl (C=O) groups is 2. The Hall–Kier alpha value is -1.62. The number of carbonyl (C=O) groups excluding carboxylic acids is 2. The molecule has 2 aliphatic carbocycles. The molecular weight excluding hydrogens is 278 g/mol. The van der Waals surface area contributed by atoms with Crippen molar-refractivity contribution in [2.45, 2.75) is 45.1 Å². The van der Waals surface area contributed by atoms with Crippen LogP contribution in [0.2, 0.25) is 0 Å². The molecule has 0 unspecified atom stereocenters. The Bertz CT molecular complexity index is 622. The standard InChI is InChI=1S/C17H23N3O2/c1-11-15-13(3-2-4-14(15)21)18-16(11)17(22)20-9-7-19(8-10-20)12-5-6-12/h12,18H,2-10H2,1H3. The molecule has 22 heavy (non-hydrogen) atoms. The highest BCUT2D eigenvalue weighted by atomic mass is 16.2. The van der Waals surface area contributed by atoms with Gasteiger partial charge in [-0.05, 0) is 38.2 Å². The number of aromatic amines is 1. The Balaban J connectivity index is 1.52. The molecule has 2 fully saturated rings. The molecule has 2 heterocycles. The van der Waals surface area contributed by atoms with Crippen molar-refractivity contribution in [3.63, 3.8) is 0 Å². The third-order valence-electron chi connectivity index (χ3n) is 5.32. The van der Waals surface area contributed by atoms with Gasteiger partial charge in [0, 0.05) is 49.9 Å². The minimum Gasteiger partial charge on any atom is -0.354 e. The Kier molecular flexibility index (Phi) is 3.33. The Morgan fingerprint density at radius 1 is 1.14 bits per heavy atom. The molecule has 1 saturated carbocycles. The zero-order chi connectivity index (χ0) is 15.3. The largest absolute Gasteiger partial charge is 0.354 e. The van der Waals surface area contributed by atoms with Crippen molar-refractivity contribution in [3.05, 3.63) is 22.5 Å². The molecule has 0 radical (unpaired) electrons. The van der Waals surface area contributed by atoms with Crippen molar-refractivity contribution in [3.8, 4) is 0 Å². The normalized spacial score (nSPS) is 22.8. The lowest BCUT2D eigenvalue weighted by molar-refractivity contribution is 0.0621. The van der Waals surface area contributed by atoms with E-state index in [0.29, 0.717) is 12.1 Å². The third kappa shape index (κ3) is 2.28. The molecular formula is C17H23N3O2. The van der Waals surface area contributed by atoms with E-state index >= 15 is 0 Å². The summed E-state index contributed by atoms with van der Waals surface area (Å²) in [7, 11) is 0. The molecule has 5 heteroatoms. The highest BCUT2D eigenvalue weighted by Crippen LogP contribution is 2.29. The molecule has 0 bridgehead atoms. The van der Waals surface area contributed by atoms with Crippen LogP contribution < -0.4 is 0 Å².